The van der Waals surface area contributed by atoms with E-state index in [-0.39, 0.29) is 12.6 Å². The molecule has 0 bridgehead atoms. The third-order valence-corrected chi connectivity index (χ3v) is 6.16. The Kier molecular flexibility index (Phi) is 7.90. The van der Waals surface area contributed by atoms with E-state index < -0.39 is 12.6 Å². The van der Waals surface area contributed by atoms with Gasteiger partial charge in [-0.1, -0.05) is 43.6 Å². The van der Waals surface area contributed by atoms with Gasteiger partial charge in [-0.25, -0.2) is 4.98 Å². The second-order valence-electron chi connectivity index (χ2n) is 8.01. The van der Waals surface area contributed by atoms with Gasteiger partial charge in [0, 0.05) is 42.2 Å². The molecule has 3 rings (SSSR count). The van der Waals surface area contributed by atoms with Crippen molar-refractivity contribution in [1.29, 1.82) is 0 Å². The first kappa shape index (κ1) is 24.2. The van der Waals surface area contributed by atoms with Gasteiger partial charge in [0.2, 0.25) is 0 Å². The zero-order chi connectivity index (χ0) is 23.3. The Balaban J connectivity index is 1.56. The molecule has 32 heavy (non-hydrogen) atoms. The Morgan fingerprint density at radius 1 is 1.16 bits per heavy atom. The lowest BCUT2D eigenvalue weighted by Gasteiger charge is -2.35. The van der Waals surface area contributed by atoms with Crippen LogP contribution in [0.15, 0.2) is 60.9 Å². The molecule has 1 aromatic carbocycles. The van der Waals surface area contributed by atoms with Crippen LogP contribution in [-0.2, 0) is 0 Å². The van der Waals surface area contributed by atoms with Gasteiger partial charge in [-0.05, 0) is 47.8 Å². The van der Waals surface area contributed by atoms with Crippen molar-refractivity contribution in [2.24, 2.45) is 0 Å². The van der Waals surface area contributed by atoms with Crippen molar-refractivity contribution < 1.29 is 13.2 Å². The van der Waals surface area contributed by atoms with E-state index in [1.165, 1.54) is 0 Å². The van der Waals surface area contributed by atoms with Gasteiger partial charge < -0.3 is 15.5 Å². The van der Waals surface area contributed by atoms with Crippen LogP contribution in [0.3, 0.4) is 0 Å². The quantitative estimate of drug-likeness (QED) is 0.454. The number of alkyl halides is 3. The fraction of sp³-hybridized carbons (Fsp3) is 0.375. The van der Waals surface area contributed by atoms with Gasteiger partial charge in [0.05, 0.1) is 12.2 Å². The number of rotatable bonds is 9. The first-order chi connectivity index (χ1) is 15.1. The molecule has 172 valence electrons. The highest BCUT2D eigenvalue weighted by atomic mass is 32.2. The highest BCUT2D eigenvalue weighted by Gasteiger charge is 2.27. The number of nitrogens with zero attached hydrogens (tertiary/aromatic N) is 2. The van der Waals surface area contributed by atoms with Crippen molar-refractivity contribution in [3.63, 3.8) is 0 Å². The van der Waals surface area contributed by atoms with E-state index in [9.17, 15) is 13.2 Å². The second kappa shape index (κ2) is 10.4. The maximum Gasteiger partial charge on any atom is 0.390 e. The number of thioether (sulfide) groups is 1. The maximum atomic E-state index is 12.3. The van der Waals surface area contributed by atoms with Gasteiger partial charge in [-0.3, -0.25) is 0 Å². The predicted octanol–water partition coefficient (Wildman–Crippen LogP) is 6.36. The highest BCUT2D eigenvalue weighted by molar-refractivity contribution is 8.11. The molecule has 0 unspecified atom stereocenters. The standard InChI is InChI=1S/C24H29F3N4S/c1-16(2)32-17(3)19-5-6-20-15-29-23(14-21(20)13-19)30-18(4)31-11-7-22(8-12-31)28-10-9-24(25,26)27/h5-6,13-15,22,28H,1,3-4,7-12H2,2H3,(H,29,30). The molecular weight excluding hydrogens is 433 g/mol. The van der Waals surface area contributed by atoms with E-state index in [0.29, 0.717) is 5.82 Å². The number of halogens is 3. The molecule has 2 heterocycles. The summed E-state index contributed by atoms with van der Waals surface area (Å²) in [6, 6.07) is 8.22. The van der Waals surface area contributed by atoms with Gasteiger partial charge in [0.15, 0.2) is 0 Å². The number of hydrogen-bond acceptors (Lipinski definition) is 5. The van der Waals surface area contributed by atoms with E-state index in [0.717, 1.165) is 57.9 Å². The number of likely N-dealkylation sites (tertiary alicyclic amines) is 1. The molecule has 1 aromatic heterocycles. The van der Waals surface area contributed by atoms with Crippen LogP contribution in [0.1, 0.15) is 31.7 Å². The molecule has 0 aliphatic carbocycles. The van der Waals surface area contributed by atoms with Crippen LogP contribution in [0.4, 0.5) is 19.0 Å². The molecule has 2 aromatic rings. The van der Waals surface area contributed by atoms with Crippen molar-refractivity contribution in [2.75, 3.05) is 25.0 Å². The molecule has 0 amide bonds. The fourth-order valence-electron chi connectivity index (χ4n) is 3.65. The number of anilines is 1. The van der Waals surface area contributed by atoms with Gasteiger partial charge in [0.25, 0.3) is 0 Å². The summed E-state index contributed by atoms with van der Waals surface area (Å²) in [6.07, 6.45) is -1.54. The molecule has 8 heteroatoms. The van der Waals surface area contributed by atoms with Crippen LogP contribution in [0.25, 0.3) is 15.7 Å². The van der Waals surface area contributed by atoms with Gasteiger partial charge in [-0.15, -0.1) is 0 Å². The molecule has 1 aliphatic heterocycles. The molecule has 4 nitrogen and oxygen atoms in total. The minimum atomic E-state index is -4.11. The van der Waals surface area contributed by atoms with E-state index in [2.05, 4.69) is 46.3 Å². The molecule has 1 fully saturated rings. The van der Waals surface area contributed by atoms with Crippen LogP contribution in [0.5, 0.6) is 0 Å². The number of piperidine rings is 1. The summed E-state index contributed by atoms with van der Waals surface area (Å²) >= 11 is 1.55. The number of hydrogen-bond donors (Lipinski definition) is 2. The lowest BCUT2D eigenvalue weighted by molar-refractivity contribution is -0.133. The predicted molar refractivity (Wildman–Crippen MR) is 129 cm³/mol. The first-order valence-corrected chi connectivity index (χ1v) is 11.4. The van der Waals surface area contributed by atoms with Gasteiger partial charge in [0.1, 0.15) is 5.82 Å². The molecule has 0 saturated carbocycles. The van der Waals surface area contributed by atoms with E-state index in [1.807, 2.05) is 31.3 Å². The largest absolute Gasteiger partial charge is 0.390 e. The Morgan fingerprint density at radius 3 is 2.53 bits per heavy atom. The monoisotopic (exact) mass is 462 g/mol. The van der Waals surface area contributed by atoms with Crippen LogP contribution < -0.4 is 10.6 Å². The van der Waals surface area contributed by atoms with E-state index in [1.54, 1.807) is 11.8 Å². The topological polar surface area (TPSA) is 40.2 Å². The normalized spacial score (nSPS) is 15.1. The summed E-state index contributed by atoms with van der Waals surface area (Å²) in [5.41, 5.74) is 1.04. The lowest BCUT2D eigenvalue weighted by Crippen LogP contribution is -2.43. The molecular formula is C24H29F3N4S. The lowest BCUT2D eigenvalue weighted by atomic mass is 10.1. The fourth-order valence-corrected chi connectivity index (χ4v) is 4.32. The highest BCUT2D eigenvalue weighted by Crippen LogP contribution is 2.32. The van der Waals surface area contributed by atoms with E-state index in [4.69, 9.17) is 0 Å². The summed E-state index contributed by atoms with van der Waals surface area (Å²) in [7, 11) is 0. The van der Waals surface area contributed by atoms with Crippen molar-refractivity contribution in [2.45, 2.75) is 38.4 Å². The Morgan fingerprint density at radius 2 is 1.88 bits per heavy atom. The van der Waals surface area contributed by atoms with Crippen LogP contribution in [-0.4, -0.2) is 41.7 Å². The summed E-state index contributed by atoms with van der Waals surface area (Å²) in [5.74, 6) is 1.44. The molecule has 0 spiro atoms. The average Bonchev–Trinajstić information content (AvgIpc) is 2.72. The minimum Gasteiger partial charge on any atom is -0.359 e. The first-order valence-electron chi connectivity index (χ1n) is 10.5. The van der Waals surface area contributed by atoms with E-state index >= 15 is 0 Å². The number of pyridine rings is 1. The molecule has 2 N–H and O–H groups in total. The summed E-state index contributed by atoms with van der Waals surface area (Å²) in [4.78, 5) is 8.53. The smallest absolute Gasteiger partial charge is 0.359 e. The third-order valence-electron chi connectivity index (χ3n) is 5.33. The Hall–Kier alpha value is -2.45. The number of allylic oxidation sites excluding steroid dienone is 1. The molecule has 1 saturated heterocycles. The molecule has 0 atom stereocenters. The SMILES string of the molecule is C=C(C)SC(=C)c1ccc2cnc(NC(=C)N3CCC(NCCC(F)(F)F)CC3)cc2c1. The third kappa shape index (κ3) is 7.03. The number of fused-ring (bicyclic) bond motifs is 1. The van der Waals surface area contributed by atoms with Crippen molar-refractivity contribution in [1.82, 2.24) is 15.2 Å². The zero-order valence-corrected chi connectivity index (χ0v) is 19.1. The van der Waals surface area contributed by atoms with Gasteiger partial charge >= 0.3 is 6.18 Å². The minimum absolute atomic E-state index is 0.0341. The summed E-state index contributed by atoms with van der Waals surface area (Å²) in [6.45, 7) is 15.6. The van der Waals surface area contributed by atoms with Crippen LogP contribution in [0.2, 0.25) is 0 Å². The van der Waals surface area contributed by atoms with Crippen molar-refractivity contribution in [3.8, 4) is 0 Å². The number of nitrogens with one attached hydrogen (secondary N) is 2. The maximum absolute atomic E-state index is 12.3. The van der Waals surface area contributed by atoms with Crippen molar-refractivity contribution >= 4 is 33.3 Å². The zero-order valence-electron chi connectivity index (χ0n) is 18.3. The number of benzene rings is 1. The van der Waals surface area contributed by atoms with Crippen molar-refractivity contribution in [3.05, 3.63) is 66.5 Å². The van der Waals surface area contributed by atoms with Gasteiger partial charge in [-0.2, -0.15) is 13.2 Å². The summed E-state index contributed by atoms with van der Waals surface area (Å²) in [5, 5.41) is 8.36. The molecule has 0 radical (unpaired) electrons. The second-order valence-corrected chi connectivity index (χ2v) is 9.40. The van der Waals surface area contributed by atoms with Crippen LogP contribution >= 0.6 is 11.8 Å². The Labute approximate surface area is 191 Å². The molecule has 1 aliphatic rings. The summed E-state index contributed by atoms with van der Waals surface area (Å²) < 4.78 is 36.9. The average molecular weight is 463 g/mol. The Bertz CT molecular complexity index is 994. The number of aromatic nitrogens is 1. The van der Waals surface area contributed by atoms with Crippen LogP contribution in [0, 0.1) is 0 Å².